The molecule has 8 heteroatoms. The van der Waals surface area contributed by atoms with E-state index in [0.29, 0.717) is 16.7 Å². The minimum Gasteiger partial charge on any atom is -0.478 e. The normalized spacial score (nSPS) is 11.7. The average Bonchev–Trinajstić information content (AvgIpc) is 2.60. The molecule has 0 aliphatic rings. The summed E-state index contributed by atoms with van der Waals surface area (Å²) in [7, 11) is 0. The van der Waals surface area contributed by atoms with Gasteiger partial charge in [-0.15, -0.1) is 0 Å². The number of carboxylic acid groups (broad SMARTS) is 1. The van der Waals surface area contributed by atoms with Gasteiger partial charge in [0.1, 0.15) is 11.6 Å². The Morgan fingerprint density at radius 3 is 2.69 bits per heavy atom. The number of carboxylic acids is 1. The van der Waals surface area contributed by atoms with Gasteiger partial charge in [-0.2, -0.15) is 5.26 Å². The number of aromatic nitrogens is 2. The molecule has 7 nitrogen and oxygen atoms in total. The van der Waals surface area contributed by atoms with Crippen molar-refractivity contribution >= 4 is 36.1 Å². The van der Waals surface area contributed by atoms with Gasteiger partial charge in [-0.1, -0.05) is 12.1 Å². The molecule has 2 aromatic rings. The van der Waals surface area contributed by atoms with Crippen LogP contribution < -0.4 is 5.56 Å². The summed E-state index contributed by atoms with van der Waals surface area (Å²) in [6.45, 7) is 5.17. The van der Waals surface area contributed by atoms with Crippen LogP contribution in [0.1, 0.15) is 34.1 Å². The molecule has 0 saturated carbocycles. The molecule has 0 aliphatic heterocycles. The Kier molecular flexibility index (Phi) is 5.78. The van der Waals surface area contributed by atoms with Crippen LogP contribution in [0.2, 0.25) is 0 Å². The van der Waals surface area contributed by atoms with Crippen molar-refractivity contribution < 1.29 is 9.90 Å². The van der Waals surface area contributed by atoms with Gasteiger partial charge in [-0.3, -0.25) is 14.8 Å². The molecule has 0 saturated heterocycles. The predicted molar refractivity (Wildman–Crippen MR) is 102 cm³/mol. The number of H-pyrrole nitrogens is 2. The van der Waals surface area contributed by atoms with Crippen molar-refractivity contribution in [2.24, 2.45) is 4.99 Å². The number of rotatable bonds is 5. The Hall–Kier alpha value is -3.57. The Balaban J connectivity index is 2.64. The lowest BCUT2D eigenvalue weighted by Gasteiger charge is -2.08. The third-order valence-corrected chi connectivity index (χ3v) is 3.71. The van der Waals surface area contributed by atoms with E-state index in [4.69, 9.17) is 17.3 Å². The van der Waals surface area contributed by atoms with E-state index in [2.05, 4.69) is 21.7 Å². The van der Waals surface area contributed by atoms with Gasteiger partial charge in [-0.25, -0.2) is 4.79 Å². The van der Waals surface area contributed by atoms with Gasteiger partial charge in [0.2, 0.25) is 0 Å². The van der Waals surface area contributed by atoms with Gasteiger partial charge in [0.25, 0.3) is 5.56 Å². The number of nitrogens with zero attached hydrogens (tertiary/aromatic N) is 2. The van der Waals surface area contributed by atoms with E-state index >= 15 is 0 Å². The van der Waals surface area contributed by atoms with Crippen LogP contribution in [0.4, 0.5) is 0 Å². The van der Waals surface area contributed by atoms with Crippen molar-refractivity contribution in [2.45, 2.75) is 6.92 Å². The highest BCUT2D eigenvalue weighted by atomic mass is 32.1. The lowest BCUT2D eigenvalue weighted by molar-refractivity contribution is 0.0697. The number of nitrogens with one attached hydrogen (secondary N) is 2. The van der Waals surface area contributed by atoms with Gasteiger partial charge in [0, 0.05) is 11.8 Å². The van der Waals surface area contributed by atoms with Gasteiger partial charge < -0.3 is 10.1 Å². The van der Waals surface area contributed by atoms with Crippen molar-refractivity contribution in [3.63, 3.8) is 0 Å². The number of hydrogen-bond donors (Lipinski definition) is 3. The van der Waals surface area contributed by atoms with Crippen molar-refractivity contribution in [3.05, 3.63) is 74.1 Å². The second kappa shape index (κ2) is 8.00. The molecule has 130 valence electrons. The molecule has 1 heterocycles. The fourth-order valence-corrected chi connectivity index (χ4v) is 2.49. The maximum Gasteiger partial charge on any atom is 0.335 e. The van der Waals surface area contributed by atoms with Crippen LogP contribution >= 0.6 is 12.2 Å². The second-order valence-corrected chi connectivity index (χ2v) is 5.66. The molecule has 2 rings (SSSR count). The van der Waals surface area contributed by atoms with Crippen molar-refractivity contribution in [2.75, 3.05) is 0 Å². The zero-order valence-electron chi connectivity index (χ0n) is 13.7. The van der Waals surface area contributed by atoms with E-state index in [-0.39, 0.29) is 21.6 Å². The lowest BCUT2D eigenvalue weighted by Crippen LogP contribution is -2.15. The van der Waals surface area contributed by atoms with Gasteiger partial charge in [0.15, 0.2) is 4.77 Å². The first kappa shape index (κ1) is 18.8. The number of hydrogen-bond acceptors (Lipinski definition) is 5. The van der Waals surface area contributed by atoms with Crippen LogP contribution in [0.5, 0.6) is 0 Å². The maximum atomic E-state index is 12.0. The molecular weight excluding hydrogens is 352 g/mol. The number of allylic oxidation sites excluding steroid dienone is 3. The highest BCUT2D eigenvalue weighted by Crippen LogP contribution is 2.23. The first-order valence-electron chi connectivity index (χ1n) is 7.32. The van der Waals surface area contributed by atoms with Crippen molar-refractivity contribution in [3.8, 4) is 6.07 Å². The number of carbonyl (C=O) groups is 1. The standard InChI is InChI=1S/C18H14N4O3S/c1-10(11-4-3-5-12(7-11)17(24)25)6-13(9-20-2)15-14(8-19)16(23)22-18(26)21-15/h3-7,9H,2H2,1H3,(H,24,25)(H2,21,22,23,26)/b10-6+,13-9+. The van der Waals surface area contributed by atoms with E-state index < -0.39 is 11.5 Å². The number of aromatic carboxylic acids is 1. The number of benzene rings is 1. The summed E-state index contributed by atoms with van der Waals surface area (Å²) in [6.07, 6.45) is 3.04. The molecule has 3 N–H and O–H groups in total. The molecule has 0 spiro atoms. The highest BCUT2D eigenvalue weighted by Gasteiger charge is 2.12. The summed E-state index contributed by atoms with van der Waals surface area (Å²) in [4.78, 5) is 31.9. The van der Waals surface area contributed by atoms with Crippen molar-refractivity contribution in [1.82, 2.24) is 9.97 Å². The summed E-state index contributed by atoms with van der Waals surface area (Å²) < 4.78 is 0.0675. The Morgan fingerprint density at radius 1 is 1.38 bits per heavy atom. The van der Waals surface area contributed by atoms with Gasteiger partial charge in [-0.05, 0) is 55.2 Å². The first-order chi connectivity index (χ1) is 12.4. The topological polar surface area (TPSA) is 122 Å². The van der Waals surface area contributed by atoms with E-state index in [9.17, 15) is 14.9 Å². The quantitative estimate of drug-likeness (QED) is 0.426. The minimum absolute atomic E-state index is 0.0675. The Bertz CT molecular complexity index is 1100. The largest absolute Gasteiger partial charge is 0.478 e. The van der Waals surface area contributed by atoms with Crippen LogP contribution in [0.25, 0.3) is 11.1 Å². The molecule has 1 aromatic carbocycles. The van der Waals surface area contributed by atoms with E-state index in [0.717, 1.165) is 0 Å². The zero-order chi connectivity index (χ0) is 19.3. The molecule has 0 unspecified atom stereocenters. The van der Waals surface area contributed by atoms with Gasteiger partial charge >= 0.3 is 5.97 Å². The summed E-state index contributed by atoms with van der Waals surface area (Å²) in [6, 6.07) is 8.24. The monoisotopic (exact) mass is 366 g/mol. The summed E-state index contributed by atoms with van der Waals surface area (Å²) >= 11 is 4.97. The fourth-order valence-electron chi connectivity index (χ4n) is 2.30. The van der Waals surface area contributed by atoms with Gasteiger partial charge in [0.05, 0.1) is 11.3 Å². The average molecular weight is 366 g/mol. The van der Waals surface area contributed by atoms with Crippen LogP contribution in [-0.2, 0) is 0 Å². The van der Waals surface area contributed by atoms with Crippen LogP contribution in [0, 0.1) is 16.1 Å². The highest BCUT2D eigenvalue weighted by molar-refractivity contribution is 7.71. The smallest absolute Gasteiger partial charge is 0.335 e. The summed E-state index contributed by atoms with van der Waals surface area (Å²) in [5.74, 6) is -1.03. The first-order valence-corrected chi connectivity index (χ1v) is 7.73. The number of aromatic amines is 2. The molecule has 0 radical (unpaired) electrons. The molecule has 0 aliphatic carbocycles. The van der Waals surface area contributed by atoms with E-state index in [1.54, 1.807) is 25.1 Å². The maximum absolute atomic E-state index is 12.0. The zero-order valence-corrected chi connectivity index (χ0v) is 14.6. The summed E-state index contributed by atoms with van der Waals surface area (Å²) in [5, 5.41) is 18.4. The minimum atomic E-state index is -1.03. The van der Waals surface area contributed by atoms with Crippen LogP contribution in [0.15, 0.2) is 46.3 Å². The Morgan fingerprint density at radius 2 is 2.08 bits per heavy atom. The fraction of sp³-hybridized carbons (Fsp3) is 0.0556. The lowest BCUT2D eigenvalue weighted by atomic mass is 10.00. The van der Waals surface area contributed by atoms with E-state index in [1.807, 2.05) is 6.07 Å². The number of aliphatic imine (C=N–C) groups is 1. The molecule has 1 aromatic heterocycles. The van der Waals surface area contributed by atoms with Crippen LogP contribution in [0.3, 0.4) is 0 Å². The van der Waals surface area contributed by atoms with Crippen molar-refractivity contribution in [1.29, 1.82) is 5.26 Å². The molecule has 0 fully saturated rings. The summed E-state index contributed by atoms with van der Waals surface area (Å²) in [5.41, 5.74) is 1.38. The molecule has 0 bridgehead atoms. The molecule has 26 heavy (non-hydrogen) atoms. The second-order valence-electron chi connectivity index (χ2n) is 5.25. The predicted octanol–water partition coefficient (Wildman–Crippen LogP) is 3.15. The molecule has 0 atom stereocenters. The number of nitriles is 1. The molecular formula is C18H14N4O3S. The van der Waals surface area contributed by atoms with Crippen LogP contribution in [-0.4, -0.2) is 27.8 Å². The Labute approximate surface area is 153 Å². The van der Waals surface area contributed by atoms with E-state index in [1.165, 1.54) is 18.3 Å². The molecule has 0 amide bonds. The third-order valence-electron chi connectivity index (χ3n) is 3.51. The third kappa shape index (κ3) is 4.09. The SMILES string of the molecule is C=N/C=C(\C=C(/C)c1cccc(C(=O)O)c1)c1[nH]c(=S)[nH]c(=O)c1C#N.